The van der Waals surface area contributed by atoms with Gasteiger partial charge >= 0.3 is 0 Å². The predicted octanol–water partition coefficient (Wildman–Crippen LogP) is 4.24. The maximum atomic E-state index is 13.9. The fraction of sp³-hybridized carbons (Fsp3) is 0.323. The Hall–Kier alpha value is -3.75. The number of nitrogens with zero attached hydrogens (tertiary/aromatic N) is 3. The molecule has 2 aliphatic carbocycles. The number of aliphatic hydroxyl groups is 3. The summed E-state index contributed by atoms with van der Waals surface area (Å²) in [6, 6.07) is 11.5. The molecular formula is C31H29ClF2N4O6S. The normalized spacial score (nSPS) is 24.3. The van der Waals surface area contributed by atoms with E-state index in [9.17, 15) is 37.3 Å². The van der Waals surface area contributed by atoms with Gasteiger partial charge in [0.15, 0.2) is 21.5 Å². The highest BCUT2D eigenvalue weighted by atomic mass is 35.5. The Morgan fingerprint density at radius 3 is 2.40 bits per heavy atom. The van der Waals surface area contributed by atoms with E-state index in [0.29, 0.717) is 18.5 Å². The predicted molar refractivity (Wildman–Crippen MR) is 159 cm³/mol. The van der Waals surface area contributed by atoms with E-state index in [4.69, 9.17) is 11.6 Å². The number of sulfone groups is 1. The number of amides is 1. The van der Waals surface area contributed by atoms with Crippen LogP contribution in [0.25, 0.3) is 5.69 Å². The minimum absolute atomic E-state index is 0.00755. The Labute approximate surface area is 262 Å². The molecule has 1 amide bonds. The summed E-state index contributed by atoms with van der Waals surface area (Å²) in [5.41, 5.74) is -1.07. The van der Waals surface area contributed by atoms with E-state index in [2.05, 4.69) is 15.4 Å². The maximum absolute atomic E-state index is 13.9. The Bertz CT molecular complexity index is 1830. The van der Waals surface area contributed by atoms with Crippen LogP contribution in [0.3, 0.4) is 0 Å². The number of aromatic nitrogens is 3. The van der Waals surface area contributed by atoms with E-state index in [1.807, 2.05) is 0 Å². The molecule has 0 radical (unpaired) electrons. The molecule has 2 bridgehead atoms. The summed E-state index contributed by atoms with van der Waals surface area (Å²) in [7, 11) is -4.13. The van der Waals surface area contributed by atoms with Crippen LogP contribution in [0.4, 0.5) is 14.5 Å². The number of carbonyl (C=O) groups excluding carboxylic acids is 1. The van der Waals surface area contributed by atoms with E-state index >= 15 is 0 Å². The molecule has 2 saturated carbocycles. The lowest BCUT2D eigenvalue weighted by atomic mass is 9.69. The van der Waals surface area contributed by atoms with E-state index in [1.165, 1.54) is 30.5 Å². The zero-order chi connectivity index (χ0) is 32.1. The highest BCUT2D eigenvalue weighted by Gasteiger charge is 2.60. The van der Waals surface area contributed by atoms with Gasteiger partial charge in [0.2, 0.25) is 0 Å². The van der Waals surface area contributed by atoms with Crippen LogP contribution in [0.1, 0.15) is 47.8 Å². The van der Waals surface area contributed by atoms with Gasteiger partial charge in [0.25, 0.3) is 5.91 Å². The van der Waals surface area contributed by atoms with Gasteiger partial charge in [-0.2, -0.15) is 5.10 Å². The van der Waals surface area contributed by atoms with Crippen molar-refractivity contribution in [3.63, 3.8) is 0 Å². The third-order valence-electron chi connectivity index (χ3n) is 9.00. The number of rotatable bonds is 8. The molecule has 6 atom stereocenters. The molecular weight excluding hydrogens is 630 g/mol. The molecule has 0 aliphatic heterocycles. The van der Waals surface area contributed by atoms with Gasteiger partial charge in [-0.3, -0.25) is 9.78 Å². The van der Waals surface area contributed by atoms with Crippen LogP contribution in [0, 0.1) is 23.5 Å². The van der Waals surface area contributed by atoms with Crippen molar-refractivity contribution in [3.05, 3.63) is 101 Å². The topological polar surface area (TPSA) is 155 Å². The maximum Gasteiger partial charge on any atom is 0.255 e. The third kappa shape index (κ3) is 5.63. The van der Waals surface area contributed by atoms with Gasteiger partial charge in [-0.05, 0) is 86.1 Å². The number of hydrogen-bond donors (Lipinski definition) is 4. The van der Waals surface area contributed by atoms with Crippen LogP contribution in [0.5, 0.6) is 0 Å². The van der Waals surface area contributed by atoms with Crippen LogP contribution in [0.15, 0.2) is 78.1 Å². The molecule has 5 unspecified atom stereocenters. The zero-order valence-corrected chi connectivity index (χ0v) is 25.2. The van der Waals surface area contributed by atoms with Crippen molar-refractivity contribution in [2.45, 2.75) is 53.6 Å². The van der Waals surface area contributed by atoms with Crippen molar-refractivity contribution < 1.29 is 37.3 Å². The first kappa shape index (κ1) is 31.2. The first-order valence-electron chi connectivity index (χ1n) is 14.2. The number of benzene rings is 2. The first-order chi connectivity index (χ1) is 21.4. The van der Waals surface area contributed by atoms with E-state index in [0.717, 1.165) is 18.2 Å². The molecule has 2 aromatic heterocycles. The van der Waals surface area contributed by atoms with Crippen molar-refractivity contribution in [1.29, 1.82) is 0 Å². The summed E-state index contributed by atoms with van der Waals surface area (Å²) >= 11 is 6.31. The summed E-state index contributed by atoms with van der Waals surface area (Å²) in [6.45, 7) is 0. The largest absolute Gasteiger partial charge is 0.387 e. The second-order valence-corrected chi connectivity index (χ2v) is 14.1. The zero-order valence-electron chi connectivity index (χ0n) is 23.6. The number of fused-ring (bicyclic) bond motifs is 2. The summed E-state index contributed by atoms with van der Waals surface area (Å²) < 4.78 is 56.2. The second-order valence-electron chi connectivity index (χ2n) is 11.5. The average molecular weight is 659 g/mol. The minimum Gasteiger partial charge on any atom is -0.387 e. The lowest BCUT2D eigenvalue weighted by molar-refractivity contribution is -0.178. The second kappa shape index (κ2) is 11.9. The Morgan fingerprint density at radius 1 is 1.04 bits per heavy atom. The Morgan fingerprint density at radius 2 is 1.78 bits per heavy atom. The van der Waals surface area contributed by atoms with E-state index < -0.39 is 62.3 Å². The fourth-order valence-electron chi connectivity index (χ4n) is 6.64. The first-order valence-corrected chi connectivity index (χ1v) is 16.2. The highest BCUT2D eigenvalue weighted by molar-refractivity contribution is 7.92. The van der Waals surface area contributed by atoms with Crippen LogP contribution in [0.2, 0.25) is 5.02 Å². The molecule has 2 heterocycles. The molecule has 2 aliphatic rings. The summed E-state index contributed by atoms with van der Waals surface area (Å²) in [5, 5.41) is 39.6. The van der Waals surface area contributed by atoms with Crippen LogP contribution in [-0.2, 0) is 9.84 Å². The molecule has 6 rings (SSSR count). The van der Waals surface area contributed by atoms with Crippen LogP contribution in [-0.4, -0.2) is 61.4 Å². The lowest BCUT2D eigenvalue weighted by Gasteiger charge is -2.46. The summed E-state index contributed by atoms with van der Waals surface area (Å²) in [5.74, 6) is -4.29. The minimum atomic E-state index is -4.13. The third-order valence-corrected chi connectivity index (χ3v) is 11.7. The fourth-order valence-corrected chi connectivity index (χ4v) is 9.04. The molecule has 236 valence electrons. The van der Waals surface area contributed by atoms with Gasteiger partial charge in [0.05, 0.1) is 38.3 Å². The average Bonchev–Trinajstić information content (AvgIpc) is 3.60. The van der Waals surface area contributed by atoms with Gasteiger partial charge in [-0.1, -0.05) is 11.6 Å². The molecule has 0 spiro atoms. The number of nitrogens with one attached hydrogen (secondary N) is 1. The lowest BCUT2D eigenvalue weighted by Crippen LogP contribution is -2.57. The van der Waals surface area contributed by atoms with Gasteiger partial charge < -0.3 is 20.6 Å². The molecule has 4 N–H and O–H groups in total. The molecule has 2 fully saturated rings. The number of hydrogen-bond acceptors (Lipinski definition) is 8. The molecule has 2 aromatic carbocycles. The molecule has 0 saturated heterocycles. The number of halogens is 3. The van der Waals surface area contributed by atoms with E-state index in [-0.39, 0.29) is 39.7 Å². The van der Waals surface area contributed by atoms with Gasteiger partial charge in [-0.15, -0.1) is 0 Å². The standard InChI is InChI=1S/C31H29ClF2N4O6S/c32-23-7-2-17(30(41)37-20-5-8-24(33)25(34)15-20)12-27(23)45(43,44)22-13-18-3-4-19(14-22)31(18,42)29(40)28(39)26-9-6-21(16-35-26)38-11-1-10-36-38/h1-2,5-12,15-16,18-19,22,28-29,39-40,42H,3-4,13-14H2,(H,37,41)/t18-,19?,22?,28?,29?,31?/m0/s1. The van der Waals surface area contributed by atoms with Gasteiger partial charge in [0, 0.05) is 29.7 Å². The number of aliphatic hydroxyl groups excluding tert-OH is 2. The van der Waals surface area contributed by atoms with Crippen molar-refractivity contribution in [3.8, 4) is 5.69 Å². The Kier molecular flexibility index (Phi) is 8.25. The number of pyridine rings is 1. The summed E-state index contributed by atoms with van der Waals surface area (Å²) in [4.78, 5) is 16.8. The summed E-state index contributed by atoms with van der Waals surface area (Å²) in [6.07, 6.45) is 2.51. The number of anilines is 1. The SMILES string of the molecule is O=C(Nc1ccc(F)c(F)c1)c1ccc(Cl)c(S(=O)(=O)C2CC3CC[C@@H](C2)C3(O)C(O)C(O)c2ccc(-n3cccn3)cn2)c1. The number of carbonyl (C=O) groups is 1. The van der Waals surface area contributed by atoms with Gasteiger partial charge in [0.1, 0.15) is 12.2 Å². The smallest absolute Gasteiger partial charge is 0.255 e. The molecule has 4 aromatic rings. The van der Waals surface area contributed by atoms with Crippen molar-refractivity contribution in [1.82, 2.24) is 14.8 Å². The van der Waals surface area contributed by atoms with Crippen LogP contribution >= 0.6 is 11.6 Å². The van der Waals surface area contributed by atoms with Crippen molar-refractivity contribution >= 4 is 33.0 Å². The highest BCUT2D eigenvalue weighted by Crippen LogP contribution is 2.55. The molecule has 45 heavy (non-hydrogen) atoms. The van der Waals surface area contributed by atoms with E-state index in [1.54, 1.807) is 29.2 Å². The molecule has 10 nitrogen and oxygen atoms in total. The quantitative estimate of drug-likeness (QED) is 0.219. The van der Waals surface area contributed by atoms with Crippen molar-refractivity contribution in [2.24, 2.45) is 11.8 Å². The Balaban J connectivity index is 1.19. The molecule has 14 heteroatoms. The van der Waals surface area contributed by atoms with Crippen molar-refractivity contribution in [2.75, 3.05) is 5.32 Å². The van der Waals surface area contributed by atoms with Crippen LogP contribution < -0.4 is 5.32 Å². The van der Waals surface area contributed by atoms with Gasteiger partial charge in [-0.25, -0.2) is 21.9 Å². The monoisotopic (exact) mass is 658 g/mol.